The molecule has 0 fully saturated rings. The smallest absolute Gasteiger partial charge is 0 e. The van der Waals surface area contributed by atoms with Crippen molar-refractivity contribution in [2.75, 3.05) is 0 Å². The zero-order valence-corrected chi connectivity index (χ0v) is 6.15. The van der Waals surface area contributed by atoms with Crippen LogP contribution in [0.1, 0.15) is 0 Å². The van der Waals surface area contributed by atoms with Crippen LogP contribution in [0.4, 0.5) is 4.70 Å². The predicted molar refractivity (Wildman–Crippen MR) is 8.26 cm³/mol. The Morgan fingerprint density at radius 3 is 1.00 bits per heavy atom. The molecule has 0 amide bonds. The Morgan fingerprint density at radius 1 is 1.00 bits per heavy atom. The van der Waals surface area contributed by atoms with Gasteiger partial charge >= 0.3 is 0 Å². The van der Waals surface area contributed by atoms with Crippen molar-refractivity contribution in [2.24, 2.45) is 0 Å². The van der Waals surface area contributed by atoms with Gasteiger partial charge in [0.05, 0.1) is 0 Å². The van der Waals surface area contributed by atoms with E-state index < -0.39 is 0 Å². The fourth-order valence-electron chi connectivity index (χ4n) is 0. The van der Waals surface area contributed by atoms with Gasteiger partial charge in [-0.1, -0.05) is 0 Å². The van der Waals surface area contributed by atoms with Gasteiger partial charge in [-0.25, -0.2) is 0 Å². The molecule has 0 aliphatic heterocycles. The van der Waals surface area contributed by atoms with Crippen molar-refractivity contribution in [1.29, 1.82) is 0 Å². The van der Waals surface area contributed by atoms with Gasteiger partial charge in [-0.2, -0.15) is 0 Å². The van der Waals surface area contributed by atoms with Crippen LogP contribution in [0.5, 0.6) is 0 Å². The Morgan fingerprint density at radius 2 is 1.00 bits per heavy atom. The molecule has 0 aromatic carbocycles. The van der Waals surface area contributed by atoms with Crippen molar-refractivity contribution in [3.63, 3.8) is 0 Å². The van der Waals surface area contributed by atoms with E-state index in [1.54, 1.807) is 0 Å². The van der Waals surface area contributed by atoms with Crippen LogP contribution in [0.15, 0.2) is 0 Å². The predicted octanol–water partition coefficient (Wildman–Crippen LogP) is -0.231. The molecular formula is HBFFeNd. The molecule has 0 aliphatic rings. The fraction of sp³-hybridized carbons (Fsp3) is 0. The summed E-state index contributed by atoms with van der Waals surface area (Å²) in [4.78, 5) is 0. The molecule has 0 heterocycles. The summed E-state index contributed by atoms with van der Waals surface area (Å²) in [6.07, 6.45) is 0. The summed E-state index contributed by atoms with van der Waals surface area (Å²) in [6.45, 7) is 0. The van der Waals surface area contributed by atoms with E-state index in [0.717, 1.165) is 0 Å². The molecule has 0 N–H and O–H groups in total. The molecule has 0 saturated carbocycles. The zero-order chi connectivity index (χ0) is 0. The van der Waals surface area contributed by atoms with E-state index in [1.807, 2.05) is 0 Å². The molecule has 0 nitrogen and oxygen atoms in total. The average molecular weight is 231 g/mol. The van der Waals surface area contributed by atoms with E-state index in [-0.39, 0.29) is 71.0 Å². The summed E-state index contributed by atoms with van der Waals surface area (Å²) in [7, 11) is 0. The number of halogens is 1. The molecule has 0 aliphatic carbocycles. The minimum absolute atomic E-state index is 0. The molecule has 0 unspecified atom stereocenters. The third-order valence-corrected chi connectivity index (χ3v) is 0. The van der Waals surface area contributed by atoms with Crippen molar-refractivity contribution in [3.05, 3.63) is 0 Å². The van der Waals surface area contributed by atoms with Crippen LogP contribution in [0, 0.1) is 40.8 Å². The van der Waals surface area contributed by atoms with Crippen LogP contribution in [-0.4, -0.2) is 8.41 Å². The molecule has 0 spiro atoms. The zero-order valence-electron chi connectivity index (χ0n) is 1.84. The maximum Gasteiger partial charge on any atom is 0 e. The maximum absolute atomic E-state index is 0. The maximum atomic E-state index is 0. The first kappa shape index (κ1) is 39.9. The first-order valence-corrected chi connectivity index (χ1v) is 0. The van der Waals surface area contributed by atoms with Gasteiger partial charge in [-0.3, -0.25) is 4.70 Å². The number of hydrogen-bond donors (Lipinski definition) is 0. The third-order valence-electron chi connectivity index (χ3n) is 0. The molecule has 4 heteroatoms. The summed E-state index contributed by atoms with van der Waals surface area (Å²) in [6, 6.07) is 0. The van der Waals surface area contributed by atoms with E-state index in [0.29, 0.717) is 0 Å². The Labute approximate surface area is 70.0 Å². The van der Waals surface area contributed by atoms with Crippen molar-refractivity contribution in [3.8, 4) is 0 Å². The Balaban J connectivity index is 0. The van der Waals surface area contributed by atoms with E-state index in [4.69, 9.17) is 0 Å². The first-order valence-electron chi connectivity index (χ1n) is 0. The van der Waals surface area contributed by atoms with Gasteiger partial charge in [0.1, 0.15) is 0 Å². The van der Waals surface area contributed by atoms with Crippen LogP contribution in [0.25, 0.3) is 0 Å². The molecular weight excluding hydrogens is 230 g/mol. The quantitative estimate of drug-likeness (QED) is 0.505. The summed E-state index contributed by atoms with van der Waals surface area (Å²) >= 11 is 0. The number of hydrogen-bond acceptors (Lipinski definition) is 0. The molecule has 0 atom stereocenters. The standard InChI is InChI=1S/B.FH.Fe.Nd/h;1H;;. The van der Waals surface area contributed by atoms with Crippen LogP contribution in [-0.2, 0) is 17.1 Å². The second-order valence-electron chi connectivity index (χ2n) is 0. The van der Waals surface area contributed by atoms with Gasteiger partial charge in [0.2, 0.25) is 0 Å². The van der Waals surface area contributed by atoms with Gasteiger partial charge in [-0.15, -0.1) is 0 Å². The summed E-state index contributed by atoms with van der Waals surface area (Å²) in [5, 5.41) is 0. The topological polar surface area (TPSA) is 0 Å². The summed E-state index contributed by atoms with van der Waals surface area (Å²) < 4.78 is 0. The van der Waals surface area contributed by atoms with E-state index in [1.165, 1.54) is 0 Å². The van der Waals surface area contributed by atoms with Gasteiger partial charge in [-0.05, 0) is 0 Å². The monoisotopic (exact) mass is 229 g/mol. The van der Waals surface area contributed by atoms with Crippen molar-refractivity contribution in [2.45, 2.75) is 0 Å². The van der Waals surface area contributed by atoms with Crippen molar-refractivity contribution >= 4 is 8.41 Å². The molecule has 0 bridgehead atoms. The molecule has 0 aromatic heterocycles. The molecule has 3 radical (unpaired) electrons. The van der Waals surface area contributed by atoms with Crippen LogP contribution < -0.4 is 0 Å². The second kappa shape index (κ2) is 20.9. The minimum Gasteiger partial charge on any atom is -0.269 e. The molecule has 0 aromatic rings. The van der Waals surface area contributed by atoms with E-state index in [9.17, 15) is 0 Å². The summed E-state index contributed by atoms with van der Waals surface area (Å²) in [5.74, 6) is 0. The second-order valence-corrected chi connectivity index (χ2v) is 0. The third kappa shape index (κ3) is 9.12. The molecule has 0 saturated heterocycles. The van der Waals surface area contributed by atoms with Crippen molar-refractivity contribution in [1.82, 2.24) is 0 Å². The Kier molecular flexibility index (Phi) is 208. The van der Waals surface area contributed by atoms with E-state index in [2.05, 4.69) is 0 Å². The molecule has 4 heavy (non-hydrogen) atoms. The summed E-state index contributed by atoms with van der Waals surface area (Å²) in [5.41, 5.74) is 0. The van der Waals surface area contributed by atoms with Crippen LogP contribution in [0.2, 0.25) is 0 Å². The van der Waals surface area contributed by atoms with Gasteiger partial charge < -0.3 is 0 Å². The van der Waals surface area contributed by atoms with E-state index >= 15 is 0 Å². The van der Waals surface area contributed by atoms with Crippen LogP contribution >= 0.6 is 0 Å². The number of rotatable bonds is 0. The Hall–Kier alpha value is 1.87. The Bertz CT molecular complexity index is 8.00. The first-order chi connectivity index (χ1) is 0. The largest absolute Gasteiger partial charge is 0.269 e. The average Bonchev–Trinajstić information content (AvgIpc) is 0. The molecule has 23 valence electrons. The SMILES string of the molecule is F.[B].[Fe].[Nd]. The minimum atomic E-state index is 0. The fourth-order valence-corrected chi connectivity index (χ4v) is 0. The van der Waals surface area contributed by atoms with Crippen LogP contribution in [0.3, 0.4) is 0 Å². The van der Waals surface area contributed by atoms with Gasteiger partial charge in [0.25, 0.3) is 0 Å². The normalized spacial score (nSPS) is 0. The van der Waals surface area contributed by atoms with Gasteiger partial charge in [0, 0.05) is 66.3 Å². The molecule has 0 rings (SSSR count). The van der Waals surface area contributed by atoms with Gasteiger partial charge in [0.15, 0.2) is 0 Å². The van der Waals surface area contributed by atoms with Crippen molar-refractivity contribution < 1.29 is 62.6 Å².